The highest BCUT2D eigenvalue weighted by atomic mass is 16.5. The Morgan fingerprint density at radius 2 is 1.88 bits per heavy atom. The summed E-state index contributed by atoms with van der Waals surface area (Å²) in [5.74, 6) is 1.10. The van der Waals surface area contributed by atoms with Crippen LogP contribution in [0.25, 0.3) is 28.7 Å². The van der Waals surface area contributed by atoms with E-state index in [1.165, 1.54) is 0 Å². The van der Waals surface area contributed by atoms with Gasteiger partial charge in [0.15, 0.2) is 11.5 Å². The second-order valence-electron chi connectivity index (χ2n) is 5.81. The second kappa shape index (κ2) is 5.86. The van der Waals surface area contributed by atoms with Crippen LogP contribution in [-0.4, -0.2) is 25.1 Å². The molecule has 2 aromatic heterocycles. The van der Waals surface area contributed by atoms with Gasteiger partial charge in [0.25, 0.3) is 5.89 Å². The van der Waals surface area contributed by atoms with Gasteiger partial charge in [-0.15, -0.1) is 5.10 Å². The highest BCUT2D eigenvalue weighted by Gasteiger charge is 2.20. The third kappa shape index (κ3) is 2.65. The van der Waals surface area contributed by atoms with Crippen molar-refractivity contribution in [3.05, 3.63) is 59.7 Å². The normalized spacial score (nSPS) is 11.0. The number of nitrogens with zero attached hydrogens (tertiary/aromatic N) is 5. The number of rotatable bonds is 3. The Hall–Kier alpha value is -3.48. The molecule has 0 aliphatic heterocycles. The van der Waals surface area contributed by atoms with Gasteiger partial charge in [-0.2, -0.15) is 9.67 Å². The van der Waals surface area contributed by atoms with Crippen LogP contribution in [0, 0.1) is 13.8 Å². The van der Waals surface area contributed by atoms with Gasteiger partial charge >= 0.3 is 0 Å². The van der Waals surface area contributed by atoms with Crippen molar-refractivity contribution in [1.82, 2.24) is 25.1 Å². The molecule has 2 N–H and O–H groups in total. The van der Waals surface area contributed by atoms with Gasteiger partial charge in [0.1, 0.15) is 0 Å². The van der Waals surface area contributed by atoms with Crippen LogP contribution >= 0.6 is 0 Å². The number of benzene rings is 2. The van der Waals surface area contributed by atoms with Crippen molar-refractivity contribution in [2.45, 2.75) is 13.8 Å². The van der Waals surface area contributed by atoms with Gasteiger partial charge in [-0.25, -0.2) is 0 Å². The van der Waals surface area contributed by atoms with Crippen molar-refractivity contribution in [3.63, 3.8) is 0 Å². The first-order valence-corrected chi connectivity index (χ1v) is 7.82. The predicted octanol–water partition coefficient (Wildman–Crippen LogP) is 3.18. The molecule has 2 aromatic carbocycles. The fraction of sp³-hybridized carbons (Fsp3) is 0.111. The average Bonchev–Trinajstić information content (AvgIpc) is 3.22. The molecule has 0 spiro atoms. The van der Waals surface area contributed by atoms with Gasteiger partial charge in [-0.3, -0.25) is 0 Å². The quantitative estimate of drug-likeness (QED) is 0.619. The minimum Gasteiger partial charge on any atom is -0.382 e. The fourth-order valence-electron chi connectivity index (χ4n) is 2.64. The SMILES string of the molecule is Cc1cccc(-n2nnc(-c3nc(-c4ccccc4C)no3)c2N)c1. The lowest BCUT2D eigenvalue weighted by Gasteiger charge is -2.03. The van der Waals surface area contributed by atoms with E-state index in [1.807, 2.05) is 62.4 Å². The maximum atomic E-state index is 6.21. The van der Waals surface area contributed by atoms with Crippen molar-refractivity contribution in [2.75, 3.05) is 5.73 Å². The van der Waals surface area contributed by atoms with Crippen molar-refractivity contribution >= 4 is 5.82 Å². The molecule has 4 aromatic rings. The molecule has 0 unspecified atom stereocenters. The molecule has 0 aliphatic rings. The van der Waals surface area contributed by atoms with E-state index in [0.717, 1.165) is 22.4 Å². The van der Waals surface area contributed by atoms with E-state index in [0.29, 0.717) is 17.3 Å². The van der Waals surface area contributed by atoms with Gasteiger partial charge < -0.3 is 10.3 Å². The van der Waals surface area contributed by atoms with Gasteiger partial charge in [0.05, 0.1) is 5.69 Å². The molecule has 4 rings (SSSR count). The number of hydrogen-bond acceptors (Lipinski definition) is 6. The van der Waals surface area contributed by atoms with Crippen LogP contribution in [0.4, 0.5) is 5.82 Å². The van der Waals surface area contributed by atoms with Crippen LogP contribution in [-0.2, 0) is 0 Å². The number of anilines is 1. The summed E-state index contributed by atoms with van der Waals surface area (Å²) in [6, 6.07) is 15.7. The molecule has 0 saturated carbocycles. The summed E-state index contributed by atoms with van der Waals surface area (Å²) in [7, 11) is 0. The summed E-state index contributed by atoms with van der Waals surface area (Å²) >= 11 is 0. The van der Waals surface area contributed by atoms with Gasteiger partial charge in [-0.1, -0.05) is 46.8 Å². The van der Waals surface area contributed by atoms with Crippen LogP contribution < -0.4 is 5.73 Å². The van der Waals surface area contributed by atoms with Crippen LogP contribution in [0.15, 0.2) is 53.1 Å². The van der Waals surface area contributed by atoms with E-state index in [4.69, 9.17) is 10.3 Å². The molecule has 0 bridgehead atoms. The zero-order valence-corrected chi connectivity index (χ0v) is 13.8. The monoisotopic (exact) mass is 332 g/mol. The molecular formula is C18H16N6O. The lowest BCUT2D eigenvalue weighted by Crippen LogP contribution is -2.02. The van der Waals surface area contributed by atoms with Crippen LogP contribution in [0.2, 0.25) is 0 Å². The number of nitrogens with two attached hydrogens (primary N) is 1. The zero-order chi connectivity index (χ0) is 17.4. The van der Waals surface area contributed by atoms with Crippen molar-refractivity contribution < 1.29 is 4.52 Å². The Morgan fingerprint density at radius 3 is 2.68 bits per heavy atom. The molecule has 0 amide bonds. The van der Waals surface area contributed by atoms with E-state index in [1.54, 1.807) is 4.68 Å². The van der Waals surface area contributed by atoms with Crippen LogP contribution in [0.5, 0.6) is 0 Å². The summed E-state index contributed by atoms with van der Waals surface area (Å²) in [4.78, 5) is 4.42. The Kier molecular flexibility index (Phi) is 3.53. The second-order valence-corrected chi connectivity index (χ2v) is 5.81. The molecule has 0 saturated heterocycles. The summed E-state index contributed by atoms with van der Waals surface area (Å²) < 4.78 is 6.91. The number of nitrogen functional groups attached to an aromatic ring is 1. The fourth-order valence-corrected chi connectivity index (χ4v) is 2.64. The molecule has 124 valence electrons. The van der Waals surface area contributed by atoms with E-state index in [9.17, 15) is 0 Å². The maximum absolute atomic E-state index is 6.21. The third-order valence-electron chi connectivity index (χ3n) is 3.97. The van der Waals surface area contributed by atoms with Crippen molar-refractivity contribution in [3.8, 4) is 28.7 Å². The summed E-state index contributed by atoms with van der Waals surface area (Å²) in [5, 5.41) is 12.3. The Bertz CT molecular complexity index is 1050. The minimum atomic E-state index is 0.245. The van der Waals surface area contributed by atoms with Crippen LogP contribution in [0.3, 0.4) is 0 Å². The molecular weight excluding hydrogens is 316 g/mol. The number of aryl methyl sites for hydroxylation is 2. The van der Waals surface area contributed by atoms with E-state index >= 15 is 0 Å². The first-order valence-electron chi connectivity index (χ1n) is 7.82. The lowest BCUT2D eigenvalue weighted by molar-refractivity contribution is 0.431. The molecule has 0 aliphatic carbocycles. The van der Waals surface area contributed by atoms with Gasteiger partial charge in [-0.05, 0) is 37.1 Å². The molecule has 7 nitrogen and oxygen atoms in total. The van der Waals surface area contributed by atoms with E-state index in [2.05, 4.69) is 20.5 Å². The van der Waals surface area contributed by atoms with Crippen molar-refractivity contribution in [2.24, 2.45) is 0 Å². The highest BCUT2D eigenvalue weighted by molar-refractivity contribution is 5.67. The number of aromatic nitrogens is 5. The Morgan fingerprint density at radius 1 is 1.04 bits per heavy atom. The summed E-state index contributed by atoms with van der Waals surface area (Å²) in [5.41, 5.74) is 10.5. The average molecular weight is 332 g/mol. The first-order chi connectivity index (χ1) is 12.1. The standard InChI is InChI=1S/C18H16N6O/c1-11-6-5-8-13(10-11)24-16(19)15(21-23-24)18-20-17(22-25-18)14-9-4-3-7-12(14)2/h3-10H,19H2,1-2H3. The van der Waals surface area contributed by atoms with Gasteiger partial charge in [0.2, 0.25) is 5.82 Å². The maximum Gasteiger partial charge on any atom is 0.282 e. The summed E-state index contributed by atoms with van der Waals surface area (Å²) in [6.07, 6.45) is 0. The largest absolute Gasteiger partial charge is 0.382 e. The smallest absolute Gasteiger partial charge is 0.282 e. The van der Waals surface area contributed by atoms with Gasteiger partial charge in [0, 0.05) is 5.56 Å². The molecule has 25 heavy (non-hydrogen) atoms. The highest BCUT2D eigenvalue weighted by Crippen LogP contribution is 2.27. The Labute approximate surface area is 144 Å². The molecule has 0 radical (unpaired) electrons. The molecule has 0 atom stereocenters. The van der Waals surface area contributed by atoms with Crippen molar-refractivity contribution in [1.29, 1.82) is 0 Å². The van der Waals surface area contributed by atoms with Crippen LogP contribution in [0.1, 0.15) is 11.1 Å². The number of hydrogen-bond donors (Lipinski definition) is 1. The van der Waals surface area contributed by atoms with E-state index in [-0.39, 0.29) is 5.89 Å². The molecule has 0 fully saturated rings. The molecule has 2 heterocycles. The molecule has 7 heteroatoms. The first kappa shape index (κ1) is 15.1. The van der Waals surface area contributed by atoms with E-state index < -0.39 is 0 Å². The summed E-state index contributed by atoms with van der Waals surface area (Å²) in [6.45, 7) is 4.00. The lowest BCUT2D eigenvalue weighted by atomic mass is 10.1. The Balaban J connectivity index is 1.74. The predicted molar refractivity (Wildman–Crippen MR) is 94.0 cm³/mol. The minimum absolute atomic E-state index is 0.245. The topological polar surface area (TPSA) is 95.6 Å². The third-order valence-corrected chi connectivity index (χ3v) is 3.97. The zero-order valence-electron chi connectivity index (χ0n) is 13.8.